The summed E-state index contributed by atoms with van der Waals surface area (Å²) in [4.78, 5) is 43.6. The van der Waals surface area contributed by atoms with Gasteiger partial charge in [-0.15, -0.1) is 0 Å². The molecule has 172 valence electrons. The van der Waals surface area contributed by atoms with Crippen LogP contribution in [0.3, 0.4) is 0 Å². The van der Waals surface area contributed by atoms with Crippen molar-refractivity contribution in [3.63, 3.8) is 0 Å². The average molecular weight is 458 g/mol. The van der Waals surface area contributed by atoms with Gasteiger partial charge in [-0.2, -0.15) is 0 Å². The Hall–Kier alpha value is -4.40. The van der Waals surface area contributed by atoms with E-state index in [0.29, 0.717) is 22.7 Å². The minimum Gasteiger partial charge on any atom is -0.454 e. The molecule has 2 aromatic heterocycles. The third kappa shape index (κ3) is 4.03. The predicted octanol–water partition coefficient (Wildman–Crippen LogP) is 2.59. The molecule has 0 aliphatic carbocycles. The molecular weight excluding hydrogens is 436 g/mol. The number of ether oxygens (including phenoxy) is 2. The van der Waals surface area contributed by atoms with Gasteiger partial charge in [-0.3, -0.25) is 18.7 Å². The summed E-state index contributed by atoms with van der Waals surface area (Å²) in [5.74, 6) is 0.771. The highest BCUT2D eigenvalue weighted by molar-refractivity contribution is 5.91. The number of amides is 1. The van der Waals surface area contributed by atoms with E-state index < -0.39 is 17.2 Å². The number of rotatable bonds is 5. The van der Waals surface area contributed by atoms with Crippen LogP contribution in [0.4, 0.5) is 5.69 Å². The Balaban J connectivity index is 1.53. The van der Waals surface area contributed by atoms with Gasteiger partial charge >= 0.3 is 5.69 Å². The summed E-state index contributed by atoms with van der Waals surface area (Å²) < 4.78 is 13.1. The maximum Gasteiger partial charge on any atom is 0.333 e. The molecule has 2 aromatic carbocycles. The Morgan fingerprint density at radius 2 is 1.76 bits per heavy atom. The van der Waals surface area contributed by atoms with E-state index in [1.807, 2.05) is 32.0 Å². The zero-order valence-electron chi connectivity index (χ0n) is 18.7. The van der Waals surface area contributed by atoms with Crippen molar-refractivity contribution in [3.8, 4) is 11.5 Å². The minimum absolute atomic E-state index is 0.0117. The van der Waals surface area contributed by atoms with E-state index >= 15 is 0 Å². The van der Waals surface area contributed by atoms with Crippen molar-refractivity contribution in [3.05, 3.63) is 92.3 Å². The molecule has 9 nitrogen and oxygen atoms in total. The quantitative estimate of drug-likeness (QED) is 0.493. The number of fused-ring (bicyclic) bond motifs is 2. The van der Waals surface area contributed by atoms with Crippen LogP contribution in [0.1, 0.15) is 16.7 Å². The molecule has 4 aromatic rings. The number of pyridine rings is 1. The summed E-state index contributed by atoms with van der Waals surface area (Å²) in [5, 5.41) is 3.08. The van der Waals surface area contributed by atoms with Gasteiger partial charge in [0.1, 0.15) is 12.2 Å². The molecule has 0 atom stereocenters. The standard InChI is InChI=1S/C25H22N4O5/c1-15-8-16(2)10-18(9-15)27-22(30)13-28-23-19(4-3-7-26-23)24(31)29(25(28)32)12-17-5-6-20-21(11-17)34-14-33-20/h3-11H,12-14H2,1-2H3,(H,27,30). The van der Waals surface area contributed by atoms with Crippen molar-refractivity contribution in [1.29, 1.82) is 0 Å². The van der Waals surface area contributed by atoms with Gasteiger partial charge in [-0.25, -0.2) is 9.78 Å². The van der Waals surface area contributed by atoms with E-state index in [9.17, 15) is 14.4 Å². The van der Waals surface area contributed by atoms with E-state index in [2.05, 4.69) is 10.3 Å². The lowest BCUT2D eigenvalue weighted by atomic mass is 10.1. The zero-order chi connectivity index (χ0) is 23.8. The third-order valence-electron chi connectivity index (χ3n) is 5.56. The van der Waals surface area contributed by atoms with Crippen molar-refractivity contribution in [2.45, 2.75) is 26.9 Å². The van der Waals surface area contributed by atoms with E-state index in [1.54, 1.807) is 30.3 Å². The van der Waals surface area contributed by atoms with Crippen molar-refractivity contribution in [2.75, 3.05) is 12.1 Å². The summed E-state index contributed by atoms with van der Waals surface area (Å²) in [6, 6.07) is 14.2. The SMILES string of the molecule is Cc1cc(C)cc(NC(=O)Cn2c(=O)n(Cc3ccc4c(c3)OCO4)c(=O)c3cccnc32)c1. The van der Waals surface area contributed by atoms with E-state index in [-0.39, 0.29) is 30.9 Å². The molecule has 1 aliphatic rings. The molecule has 5 rings (SSSR count). The molecule has 0 unspecified atom stereocenters. The summed E-state index contributed by atoms with van der Waals surface area (Å²) in [7, 11) is 0. The number of carbonyl (C=O) groups excluding carboxylic acids is 1. The van der Waals surface area contributed by atoms with E-state index in [0.717, 1.165) is 15.7 Å². The van der Waals surface area contributed by atoms with Crippen molar-refractivity contribution in [2.24, 2.45) is 0 Å². The Kier molecular flexibility index (Phi) is 5.37. The van der Waals surface area contributed by atoms with Crippen LogP contribution >= 0.6 is 0 Å². The van der Waals surface area contributed by atoms with Crippen LogP contribution in [0.15, 0.2) is 64.3 Å². The molecule has 9 heteroatoms. The first kappa shape index (κ1) is 21.4. The number of nitrogens with zero attached hydrogens (tertiary/aromatic N) is 3. The summed E-state index contributed by atoms with van der Waals surface area (Å²) in [6.45, 7) is 3.73. The molecule has 1 aliphatic heterocycles. The molecule has 0 saturated carbocycles. The van der Waals surface area contributed by atoms with Gasteiger partial charge in [0.05, 0.1) is 11.9 Å². The van der Waals surface area contributed by atoms with Gasteiger partial charge in [0.2, 0.25) is 12.7 Å². The molecule has 1 amide bonds. The average Bonchev–Trinajstić information content (AvgIpc) is 3.27. The Labute approximate surface area is 194 Å². The monoisotopic (exact) mass is 458 g/mol. The normalized spacial score (nSPS) is 12.2. The van der Waals surface area contributed by atoms with Crippen LogP contribution in [0, 0.1) is 13.8 Å². The van der Waals surface area contributed by atoms with E-state index in [4.69, 9.17) is 9.47 Å². The highest BCUT2D eigenvalue weighted by Gasteiger charge is 2.18. The topological polar surface area (TPSA) is 104 Å². The molecule has 1 N–H and O–H groups in total. The van der Waals surface area contributed by atoms with Gasteiger partial charge in [-0.05, 0) is 66.9 Å². The van der Waals surface area contributed by atoms with Gasteiger partial charge in [-0.1, -0.05) is 12.1 Å². The minimum atomic E-state index is -0.621. The highest BCUT2D eigenvalue weighted by atomic mass is 16.7. The fraction of sp³-hybridized carbons (Fsp3) is 0.200. The number of aromatic nitrogens is 3. The number of benzene rings is 2. The molecule has 3 heterocycles. The lowest BCUT2D eigenvalue weighted by Gasteiger charge is -2.14. The zero-order valence-corrected chi connectivity index (χ0v) is 18.7. The van der Waals surface area contributed by atoms with Crippen molar-refractivity contribution >= 4 is 22.6 Å². The van der Waals surface area contributed by atoms with Crippen LogP contribution in [0.25, 0.3) is 11.0 Å². The van der Waals surface area contributed by atoms with Gasteiger partial charge in [0, 0.05) is 11.9 Å². The lowest BCUT2D eigenvalue weighted by Crippen LogP contribution is -2.42. The van der Waals surface area contributed by atoms with Crippen LogP contribution in [0.2, 0.25) is 0 Å². The number of aryl methyl sites for hydroxylation is 2. The fourth-order valence-electron chi connectivity index (χ4n) is 4.14. The first-order chi connectivity index (χ1) is 16.4. The molecule has 0 radical (unpaired) electrons. The number of hydrogen-bond acceptors (Lipinski definition) is 6. The highest BCUT2D eigenvalue weighted by Crippen LogP contribution is 2.32. The smallest absolute Gasteiger partial charge is 0.333 e. The van der Waals surface area contributed by atoms with Gasteiger partial charge in [0.15, 0.2) is 11.5 Å². The first-order valence-corrected chi connectivity index (χ1v) is 10.7. The second-order valence-corrected chi connectivity index (χ2v) is 8.25. The largest absolute Gasteiger partial charge is 0.454 e. The molecular formula is C25H22N4O5. The van der Waals surface area contributed by atoms with Gasteiger partial charge in [0.25, 0.3) is 5.56 Å². The lowest BCUT2D eigenvalue weighted by molar-refractivity contribution is -0.116. The van der Waals surface area contributed by atoms with Crippen LogP contribution in [-0.4, -0.2) is 26.8 Å². The number of carbonyl (C=O) groups is 1. The second kappa shape index (κ2) is 8.51. The summed E-state index contributed by atoms with van der Waals surface area (Å²) >= 11 is 0. The summed E-state index contributed by atoms with van der Waals surface area (Å²) in [5.41, 5.74) is 2.42. The molecule has 0 fully saturated rings. The Morgan fingerprint density at radius 1 is 1.00 bits per heavy atom. The number of anilines is 1. The Bertz CT molecular complexity index is 1530. The van der Waals surface area contributed by atoms with Crippen LogP contribution in [-0.2, 0) is 17.9 Å². The summed E-state index contributed by atoms with van der Waals surface area (Å²) in [6.07, 6.45) is 1.49. The molecule has 0 bridgehead atoms. The van der Waals surface area contributed by atoms with Crippen molar-refractivity contribution in [1.82, 2.24) is 14.1 Å². The number of nitrogens with one attached hydrogen (secondary N) is 1. The van der Waals surface area contributed by atoms with E-state index in [1.165, 1.54) is 10.8 Å². The molecule has 0 saturated heterocycles. The first-order valence-electron chi connectivity index (χ1n) is 10.7. The third-order valence-corrected chi connectivity index (χ3v) is 5.56. The fourth-order valence-corrected chi connectivity index (χ4v) is 4.14. The molecule has 34 heavy (non-hydrogen) atoms. The van der Waals surface area contributed by atoms with Crippen molar-refractivity contribution < 1.29 is 14.3 Å². The maximum atomic E-state index is 13.4. The maximum absolute atomic E-state index is 13.4. The second-order valence-electron chi connectivity index (χ2n) is 8.25. The van der Waals surface area contributed by atoms with Crippen LogP contribution < -0.4 is 26.0 Å². The van der Waals surface area contributed by atoms with Crippen LogP contribution in [0.5, 0.6) is 11.5 Å². The van der Waals surface area contributed by atoms with Gasteiger partial charge < -0.3 is 14.8 Å². The molecule has 0 spiro atoms. The number of hydrogen-bond donors (Lipinski definition) is 1. The Morgan fingerprint density at radius 3 is 2.56 bits per heavy atom. The predicted molar refractivity (Wildman–Crippen MR) is 126 cm³/mol.